The third-order valence-electron chi connectivity index (χ3n) is 2.94. The van der Waals surface area contributed by atoms with Crippen LogP contribution in [0.4, 0.5) is 0 Å². The molecule has 0 aliphatic carbocycles. The first kappa shape index (κ1) is 13.0. The van der Waals surface area contributed by atoms with Crippen molar-refractivity contribution in [1.29, 1.82) is 0 Å². The zero-order valence-electron chi connectivity index (χ0n) is 9.74. The fourth-order valence-electron chi connectivity index (χ4n) is 1.79. The summed E-state index contributed by atoms with van der Waals surface area (Å²) in [5, 5.41) is 11.3. The van der Waals surface area contributed by atoms with E-state index in [4.69, 9.17) is 5.11 Å². The predicted octanol–water partition coefficient (Wildman–Crippen LogP) is 0.309. The van der Waals surface area contributed by atoms with Gasteiger partial charge in [0.1, 0.15) is 5.92 Å². The Morgan fingerprint density at radius 2 is 1.94 bits per heavy atom. The van der Waals surface area contributed by atoms with E-state index in [1.165, 1.54) is 26.2 Å². The topological polar surface area (TPSA) is 69.6 Å². The number of hydrogen-bond acceptors (Lipinski definition) is 3. The fourth-order valence-corrected chi connectivity index (χ4v) is 1.79. The third-order valence-corrected chi connectivity index (χ3v) is 2.94. The number of nitrogens with one attached hydrogen (secondary N) is 1. The standard InChI is InChI=1S/C11H20N2O3/c1-9(11(15)16)10(14)12-5-8-13-6-3-2-4-7-13/h9H,2-8H2,1H3,(H,12,14)(H,15,16). The van der Waals surface area contributed by atoms with Crippen molar-refractivity contribution in [2.24, 2.45) is 5.92 Å². The van der Waals surface area contributed by atoms with Gasteiger partial charge in [0.15, 0.2) is 0 Å². The lowest BCUT2D eigenvalue weighted by Crippen LogP contribution is -2.40. The Morgan fingerprint density at radius 3 is 2.50 bits per heavy atom. The second kappa shape index (κ2) is 6.48. The largest absolute Gasteiger partial charge is 0.481 e. The molecular weight excluding hydrogens is 208 g/mol. The summed E-state index contributed by atoms with van der Waals surface area (Å²) in [7, 11) is 0. The molecule has 0 aromatic rings. The first-order chi connectivity index (χ1) is 7.61. The van der Waals surface area contributed by atoms with E-state index < -0.39 is 17.8 Å². The summed E-state index contributed by atoms with van der Waals surface area (Å²) < 4.78 is 0. The van der Waals surface area contributed by atoms with Crippen LogP contribution in [0.1, 0.15) is 26.2 Å². The van der Waals surface area contributed by atoms with Crippen molar-refractivity contribution in [3.05, 3.63) is 0 Å². The Balaban J connectivity index is 2.14. The van der Waals surface area contributed by atoms with E-state index in [1.807, 2.05) is 0 Å². The molecule has 1 rings (SSSR count). The van der Waals surface area contributed by atoms with E-state index in [1.54, 1.807) is 0 Å². The van der Waals surface area contributed by atoms with Crippen LogP contribution in [0.3, 0.4) is 0 Å². The van der Waals surface area contributed by atoms with Gasteiger partial charge in [0.2, 0.25) is 5.91 Å². The van der Waals surface area contributed by atoms with Crippen molar-refractivity contribution in [3.63, 3.8) is 0 Å². The van der Waals surface area contributed by atoms with Crippen LogP contribution < -0.4 is 5.32 Å². The molecule has 1 saturated heterocycles. The van der Waals surface area contributed by atoms with Gasteiger partial charge in [-0.25, -0.2) is 0 Å². The molecule has 1 aliphatic heterocycles. The lowest BCUT2D eigenvalue weighted by atomic mass is 10.1. The molecule has 1 fully saturated rings. The zero-order chi connectivity index (χ0) is 12.0. The predicted molar refractivity (Wildman–Crippen MR) is 60.1 cm³/mol. The second-order valence-corrected chi connectivity index (χ2v) is 4.25. The molecule has 5 heteroatoms. The van der Waals surface area contributed by atoms with Crippen molar-refractivity contribution >= 4 is 11.9 Å². The maximum atomic E-state index is 11.3. The van der Waals surface area contributed by atoms with Gasteiger partial charge < -0.3 is 15.3 Å². The van der Waals surface area contributed by atoms with E-state index >= 15 is 0 Å². The molecule has 1 heterocycles. The molecule has 0 spiro atoms. The number of piperidine rings is 1. The highest BCUT2D eigenvalue weighted by molar-refractivity contribution is 5.96. The molecule has 1 amide bonds. The molecule has 1 aliphatic rings. The summed E-state index contributed by atoms with van der Waals surface area (Å²) >= 11 is 0. The van der Waals surface area contributed by atoms with Gasteiger partial charge >= 0.3 is 5.97 Å². The number of rotatable bonds is 5. The van der Waals surface area contributed by atoms with Crippen molar-refractivity contribution in [2.45, 2.75) is 26.2 Å². The first-order valence-corrected chi connectivity index (χ1v) is 5.84. The highest BCUT2D eigenvalue weighted by Gasteiger charge is 2.20. The summed E-state index contributed by atoms with van der Waals surface area (Å²) in [6, 6.07) is 0. The number of nitrogens with zero attached hydrogens (tertiary/aromatic N) is 1. The molecule has 0 saturated carbocycles. The second-order valence-electron chi connectivity index (χ2n) is 4.25. The van der Waals surface area contributed by atoms with Crippen molar-refractivity contribution in [1.82, 2.24) is 10.2 Å². The minimum absolute atomic E-state index is 0.399. The van der Waals surface area contributed by atoms with Gasteiger partial charge in [-0.15, -0.1) is 0 Å². The van der Waals surface area contributed by atoms with Crippen molar-refractivity contribution in [2.75, 3.05) is 26.2 Å². The maximum Gasteiger partial charge on any atom is 0.315 e. The molecule has 1 unspecified atom stereocenters. The zero-order valence-corrected chi connectivity index (χ0v) is 9.74. The number of hydrogen-bond donors (Lipinski definition) is 2. The average Bonchev–Trinajstić information content (AvgIpc) is 2.29. The molecule has 0 aromatic carbocycles. The van der Waals surface area contributed by atoms with Gasteiger partial charge in [-0.1, -0.05) is 6.42 Å². The molecule has 2 N–H and O–H groups in total. The molecule has 0 radical (unpaired) electrons. The molecule has 0 aromatic heterocycles. The van der Waals surface area contributed by atoms with E-state index in [2.05, 4.69) is 10.2 Å². The van der Waals surface area contributed by atoms with E-state index in [-0.39, 0.29) is 0 Å². The number of carbonyl (C=O) groups excluding carboxylic acids is 1. The number of aliphatic carboxylic acids is 1. The van der Waals surface area contributed by atoms with Gasteiger partial charge in [-0.05, 0) is 32.9 Å². The molecule has 92 valence electrons. The van der Waals surface area contributed by atoms with Crippen LogP contribution >= 0.6 is 0 Å². The summed E-state index contributed by atoms with van der Waals surface area (Å²) in [6.45, 7) is 4.93. The van der Waals surface area contributed by atoms with Gasteiger partial charge in [-0.2, -0.15) is 0 Å². The summed E-state index contributed by atoms with van der Waals surface area (Å²) in [6.07, 6.45) is 3.73. The quantitative estimate of drug-likeness (QED) is 0.664. The van der Waals surface area contributed by atoms with E-state index in [0.29, 0.717) is 6.54 Å². The Morgan fingerprint density at radius 1 is 1.31 bits per heavy atom. The Hall–Kier alpha value is -1.10. The fraction of sp³-hybridized carbons (Fsp3) is 0.818. The van der Waals surface area contributed by atoms with Crippen LogP contribution in [-0.4, -0.2) is 48.1 Å². The minimum Gasteiger partial charge on any atom is -0.481 e. The smallest absolute Gasteiger partial charge is 0.315 e. The number of carboxylic acids is 1. The highest BCUT2D eigenvalue weighted by atomic mass is 16.4. The SMILES string of the molecule is CC(C(=O)O)C(=O)NCCN1CCCCC1. The molecular formula is C11H20N2O3. The number of carbonyl (C=O) groups is 2. The van der Waals surface area contributed by atoms with Crippen LogP contribution in [0.15, 0.2) is 0 Å². The minimum atomic E-state index is -1.07. The molecule has 1 atom stereocenters. The van der Waals surface area contributed by atoms with E-state index in [0.717, 1.165) is 19.6 Å². The lowest BCUT2D eigenvalue weighted by molar-refractivity contribution is -0.146. The van der Waals surface area contributed by atoms with Crippen molar-refractivity contribution < 1.29 is 14.7 Å². The third kappa shape index (κ3) is 4.18. The Bertz CT molecular complexity index is 250. The maximum absolute atomic E-state index is 11.3. The summed E-state index contributed by atoms with van der Waals surface area (Å²) in [4.78, 5) is 24.2. The number of carboxylic acid groups (broad SMARTS) is 1. The monoisotopic (exact) mass is 228 g/mol. The van der Waals surface area contributed by atoms with Crippen LogP contribution in [0.5, 0.6) is 0 Å². The Labute approximate surface area is 95.8 Å². The van der Waals surface area contributed by atoms with Gasteiger partial charge in [-0.3, -0.25) is 9.59 Å². The Kier molecular flexibility index (Phi) is 5.25. The van der Waals surface area contributed by atoms with Crippen molar-refractivity contribution in [3.8, 4) is 0 Å². The van der Waals surface area contributed by atoms with Crippen LogP contribution in [-0.2, 0) is 9.59 Å². The van der Waals surface area contributed by atoms with Gasteiger partial charge in [0.05, 0.1) is 0 Å². The first-order valence-electron chi connectivity index (χ1n) is 5.84. The molecule has 0 bridgehead atoms. The summed E-state index contributed by atoms with van der Waals surface area (Å²) in [5.74, 6) is -2.43. The number of likely N-dealkylation sites (tertiary alicyclic amines) is 1. The average molecular weight is 228 g/mol. The van der Waals surface area contributed by atoms with Gasteiger partial charge in [0.25, 0.3) is 0 Å². The molecule has 16 heavy (non-hydrogen) atoms. The van der Waals surface area contributed by atoms with Crippen LogP contribution in [0, 0.1) is 5.92 Å². The lowest BCUT2D eigenvalue weighted by Gasteiger charge is -2.26. The van der Waals surface area contributed by atoms with Crippen LogP contribution in [0.2, 0.25) is 0 Å². The van der Waals surface area contributed by atoms with E-state index in [9.17, 15) is 9.59 Å². The normalized spacial score (nSPS) is 19.1. The van der Waals surface area contributed by atoms with Crippen LogP contribution in [0.25, 0.3) is 0 Å². The summed E-state index contributed by atoms with van der Waals surface area (Å²) in [5.41, 5.74) is 0. The highest BCUT2D eigenvalue weighted by Crippen LogP contribution is 2.07. The van der Waals surface area contributed by atoms with Gasteiger partial charge in [0, 0.05) is 13.1 Å². The molecule has 5 nitrogen and oxygen atoms in total. The number of amides is 1.